The molecule has 48 valence electrons. The van der Waals surface area contributed by atoms with Gasteiger partial charge in [-0.05, 0) is 13.6 Å². The quantitative estimate of drug-likeness (QED) is 0.471. The van der Waals surface area contributed by atoms with E-state index in [1.807, 2.05) is 13.6 Å². The molecular formula is C2H7BCl3NSi. The Morgan fingerprint density at radius 1 is 1.50 bits per heavy atom. The molecule has 0 aromatic carbocycles. The molecule has 0 aliphatic rings. The molecule has 8 heavy (non-hydrogen) atoms. The molecule has 1 atom stereocenters. The summed E-state index contributed by atoms with van der Waals surface area (Å²) in [7, 11) is 0.533. The summed E-state index contributed by atoms with van der Waals surface area (Å²) in [5, 5.41) is 0. The van der Waals surface area contributed by atoms with Crippen molar-refractivity contribution in [2.24, 2.45) is 0 Å². The highest BCUT2D eigenvalue weighted by Gasteiger charge is 2.18. The lowest BCUT2D eigenvalue weighted by molar-refractivity contribution is 0.851. The normalized spacial score (nSPS) is 14.2. The van der Waals surface area contributed by atoms with Gasteiger partial charge in [0.2, 0.25) is 8.27 Å². The first-order chi connectivity index (χ1) is 3.55. The average molecular weight is 190 g/mol. The topological polar surface area (TPSA) is 3.24 Å². The van der Waals surface area contributed by atoms with Crippen LogP contribution < -0.4 is 0 Å². The fourth-order valence-electron chi connectivity index (χ4n) is 0.155. The summed E-state index contributed by atoms with van der Waals surface area (Å²) in [6, 6.07) is 0. The van der Waals surface area contributed by atoms with Gasteiger partial charge in [0.1, 0.15) is 0 Å². The first kappa shape index (κ1) is 9.11. The van der Waals surface area contributed by atoms with Crippen LogP contribution in [0.5, 0.6) is 0 Å². The summed E-state index contributed by atoms with van der Waals surface area (Å²) < 4.78 is 1.77. The highest BCUT2D eigenvalue weighted by molar-refractivity contribution is 7.35. The Morgan fingerprint density at radius 2 is 1.88 bits per heavy atom. The van der Waals surface area contributed by atoms with Gasteiger partial charge in [-0.1, -0.05) is 0 Å². The lowest BCUT2D eigenvalue weighted by Gasteiger charge is -2.15. The Kier molecular flexibility index (Phi) is 4.57. The van der Waals surface area contributed by atoms with E-state index in [0.717, 1.165) is 0 Å². The predicted octanol–water partition coefficient (Wildman–Crippen LogP) is 1.47. The Hall–Kier alpha value is 1.11. The predicted molar refractivity (Wildman–Crippen MR) is 44.1 cm³/mol. The maximum Gasteiger partial charge on any atom is 0.428 e. The molecule has 0 aliphatic carbocycles. The molecule has 0 bridgehead atoms. The molecule has 0 aromatic rings. The van der Waals surface area contributed by atoms with Crippen LogP contribution in [-0.2, 0) is 0 Å². The molecule has 0 spiro atoms. The number of nitrogens with zero attached hydrogens (tertiary/aromatic N) is 1. The van der Waals surface area contributed by atoms with E-state index in [1.54, 1.807) is 4.48 Å². The Morgan fingerprint density at radius 3 is 1.88 bits per heavy atom. The van der Waals surface area contributed by atoms with Crippen LogP contribution in [0.3, 0.4) is 0 Å². The van der Waals surface area contributed by atoms with Crippen molar-refractivity contribution in [2.75, 3.05) is 7.05 Å². The molecule has 6 heteroatoms. The van der Waals surface area contributed by atoms with Gasteiger partial charge < -0.3 is 4.48 Å². The molecule has 0 radical (unpaired) electrons. The van der Waals surface area contributed by atoms with Crippen LogP contribution in [0, 0.1) is 0 Å². The van der Waals surface area contributed by atoms with Crippen molar-refractivity contribution in [3.05, 3.63) is 0 Å². The lowest BCUT2D eigenvalue weighted by Crippen LogP contribution is -2.35. The zero-order valence-corrected chi connectivity index (χ0v) is 8.16. The third kappa shape index (κ3) is 3.20. The molecule has 0 fully saturated rings. The minimum absolute atomic E-state index is 0.450. The van der Waals surface area contributed by atoms with Crippen LogP contribution in [0.2, 0.25) is 6.55 Å². The van der Waals surface area contributed by atoms with Gasteiger partial charge in [-0.25, -0.2) is 0 Å². The van der Waals surface area contributed by atoms with Gasteiger partial charge >= 0.3 is 5.68 Å². The number of halogens is 3. The minimum atomic E-state index is -1.28. The number of rotatable bonds is 2. The van der Waals surface area contributed by atoms with Crippen molar-refractivity contribution >= 4 is 47.9 Å². The largest absolute Gasteiger partial charge is 0.428 e. The molecule has 0 aromatic heterocycles. The van der Waals surface area contributed by atoms with E-state index in [0.29, 0.717) is 0 Å². The fraction of sp³-hybridized carbons (Fsp3) is 1.00. The van der Waals surface area contributed by atoms with Gasteiger partial charge in [0.25, 0.3) is 0 Å². The molecular weight excluding hydrogens is 183 g/mol. The second kappa shape index (κ2) is 4.01. The Balaban J connectivity index is 3.46. The molecule has 1 unspecified atom stereocenters. The van der Waals surface area contributed by atoms with Crippen molar-refractivity contribution in [3.8, 4) is 0 Å². The second-order valence-electron chi connectivity index (χ2n) is 1.52. The van der Waals surface area contributed by atoms with E-state index in [-0.39, 0.29) is 0 Å². The molecule has 0 saturated heterocycles. The van der Waals surface area contributed by atoms with Gasteiger partial charge in [0.15, 0.2) is 0 Å². The monoisotopic (exact) mass is 189 g/mol. The molecule has 0 amide bonds. The van der Waals surface area contributed by atoms with Crippen molar-refractivity contribution in [2.45, 2.75) is 6.55 Å². The van der Waals surface area contributed by atoms with Gasteiger partial charge in [-0.3, -0.25) is 0 Å². The van der Waals surface area contributed by atoms with Crippen molar-refractivity contribution in [1.82, 2.24) is 4.48 Å². The highest BCUT2D eigenvalue weighted by Crippen LogP contribution is 2.05. The summed E-state index contributed by atoms with van der Waals surface area (Å²) in [5.41, 5.74) is -0.450. The van der Waals surface area contributed by atoms with Crippen LogP contribution in [0.1, 0.15) is 0 Å². The van der Waals surface area contributed by atoms with Crippen LogP contribution in [-0.4, -0.2) is 25.5 Å². The van der Waals surface area contributed by atoms with E-state index >= 15 is 0 Å². The summed E-state index contributed by atoms with van der Waals surface area (Å²) in [6.45, 7) is 1.94. The standard InChI is InChI=1S/C2H7BCl3NSi/c1-7(3(4)5)8(2)6/h8H,1-2H3. The van der Waals surface area contributed by atoms with E-state index in [4.69, 9.17) is 34.0 Å². The highest BCUT2D eigenvalue weighted by atomic mass is 35.6. The van der Waals surface area contributed by atoms with Crippen molar-refractivity contribution in [3.63, 3.8) is 0 Å². The van der Waals surface area contributed by atoms with Gasteiger partial charge in [0, 0.05) is 0 Å². The fourth-order valence-corrected chi connectivity index (χ4v) is 2.16. The first-order valence-electron chi connectivity index (χ1n) is 2.20. The van der Waals surface area contributed by atoms with E-state index < -0.39 is 13.9 Å². The summed E-state index contributed by atoms with van der Waals surface area (Å²) >= 11 is 16.6. The zero-order chi connectivity index (χ0) is 6.73. The SMILES string of the molecule is CN(B(Cl)Cl)[SiH](C)Cl. The van der Waals surface area contributed by atoms with Crippen LogP contribution in [0.25, 0.3) is 0 Å². The minimum Gasteiger partial charge on any atom is -0.330 e. The molecule has 1 nitrogen and oxygen atoms in total. The molecule has 0 rings (SSSR count). The molecule has 0 heterocycles. The van der Waals surface area contributed by atoms with E-state index in [1.165, 1.54) is 0 Å². The first-order valence-corrected chi connectivity index (χ1v) is 6.49. The smallest absolute Gasteiger partial charge is 0.330 e. The van der Waals surface area contributed by atoms with Crippen LogP contribution in [0.15, 0.2) is 0 Å². The number of hydrogen-bond acceptors (Lipinski definition) is 1. The van der Waals surface area contributed by atoms with E-state index in [9.17, 15) is 0 Å². The maximum atomic E-state index is 5.72. The third-order valence-electron chi connectivity index (χ3n) is 0.869. The Bertz CT molecular complexity index is 62.3. The van der Waals surface area contributed by atoms with Crippen LogP contribution >= 0.6 is 34.0 Å². The van der Waals surface area contributed by atoms with E-state index in [2.05, 4.69) is 0 Å². The molecule has 0 saturated carbocycles. The van der Waals surface area contributed by atoms with Gasteiger partial charge in [0.05, 0.1) is 0 Å². The van der Waals surface area contributed by atoms with Crippen molar-refractivity contribution < 1.29 is 0 Å². The summed E-state index contributed by atoms with van der Waals surface area (Å²) in [5.74, 6) is 0. The summed E-state index contributed by atoms with van der Waals surface area (Å²) in [6.07, 6.45) is 0. The van der Waals surface area contributed by atoms with Gasteiger partial charge in [-0.15, -0.1) is 22.9 Å². The average Bonchev–Trinajstić information content (AvgIpc) is 1.64. The maximum absolute atomic E-state index is 5.72. The lowest BCUT2D eigenvalue weighted by atomic mass is 10.4. The second-order valence-corrected chi connectivity index (χ2v) is 6.42. The molecule has 0 aliphatic heterocycles. The third-order valence-corrected chi connectivity index (χ3v) is 4.21. The zero-order valence-electron chi connectivity index (χ0n) is 4.74. The molecule has 0 N–H and O–H groups in total. The number of hydrogen-bond donors (Lipinski definition) is 0. The summed E-state index contributed by atoms with van der Waals surface area (Å²) in [4.78, 5) is 0. The van der Waals surface area contributed by atoms with Crippen LogP contribution in [0.4, 0.5) is 0 Å². The van der Waals surface area contributed by atoms with Gasteiger partial charge in [-0.2, -0.15) is 11.1 Å². The Labute approximate surface area is 66.2 Å². The van der Waals surface area contributed by atoms with Crippen molar-refractivity contribution in [1.29, 1.82) is 0 Å².